The van der Waals surface area contributed by atoms with Crippen LogP contribution < -0.4 is 15.4 Å². The maximum Gasteiger partial charge on any atom is 0.226 e. The second kappa shape index (κ2) is 10.6. The first kappa shape index (κ1) is 23.1. The van der Waals surface area contributed by atoms with Crippen LogP contribution in [-0.2, 0) is 17.9 Å². The van der Waals surface area contributed by atoms with Crippen molar-refractivity contribution >= 4 is 44.8 Å². The SMILES string of the molecule is CC(C)C(=O)Nc1ccc(NCc2cc(Br)ccc2OCc2c(F)cccc2Cl)cc1. The van der Waals surface area contributed by atoms with Crippen LogP contribution >= 0.6 is 27.5 Å². The smallest absolute Gasteiger partial charge is 0.226 e. The quantitative estimate of drug-likeness (QED) is 0.346. The molecule has 0 atom stereocenters. The summed E-state index contributed by atoms with van der Waals surface area (Å²) in [5, 5.41) is 6.54. The summed E-state index contributed by atoms with van der Waals surface area (Å²) in [5.74, 6) is 0.142. The summed E-state index contributed by atoms with van der Waals surface area (Å²) < 4.78 is 20.8. The highest BCUT2D eigenvalue weighted by Crippen LogP contribution is 2.27. The third kappa shape index (κ3) is 6.45. The molecule has 0 saturated heterocycles. The highest BCUT2D eigenvalue weighted by atomic mass is 79.9. The van der Waals surface area contributed by atoms with Gasteiger partial charge in [-0.05, 0) is 54.6 Å². The summed E-state index contributed by atoms with van der Waals surface area (Å²) >= 11 is 9.58. The summed E-state index contributed by atoms with van der Waals surface area (Å²) in [5.41, 5.74) is 2.87. The molecule has 0 aliphatic rings. The number of benzene rings is 3. The lowest BCUT2D eigenvalue weighted by atomic mass is 10.1. The maximum absolute atomic E-state index is 14.0. The number of anilines is 2. The molecule has 3 aromatic carbocycles. The molecular formula is C24H23BrClFN2O2. The largest absolute Gasteiger partial charge is 0.488 e. The molecule has 4 nitrogen and oxygen atoms in total. The molecule has 7 heteroatoms. The molecule has 162 valence electrons. The van der Waals surface area contributed by atoms with E-state index in [9.17, 15) is 9.18 Å². The van der Waals surface area contributed by atoms with E-state index in [0.29, 0.717) is 22.9 Å². The molecule has 0 spiro atoms. The topological polar surface area (TPSA) is 50.4 Å². The van der Waals surface area contributed by atoms with Crippen LogP contribution in [0.25, 0.3) is 0 Å². The van der Waals surface area contributed by atoms with Crippen molar-refractivity contribution in [2.24, 2.45) is 5.92 Å². The number of amides is 1. The van der Waals surface area contributed by atoms with E-state index in [1.54, 1.807) is 12.1 Å². The summed E-state index contributed by atoms with van der Waals surface area (Å²) in [4.78, 5) is 11.8. The van der Waals surface area contributed by atoms with Crippen molar-refractivity contribution in [2.75, 3.05) is 10.6 Å². The molecule has 0 aromatic heterocycles. The van der Waals surface area contributed by atoms with E-state index in [0.717, 1.165) is 21.4 Å². The lowest BCUT2D eigenvalue weighted by Gasteiger charge is -2.15. The van der Waals surface area contributed by atoms with Gasteiger partial charge in [0.2, 0.25) is 5.91 Å². The number of nitrogens with one attached hydrogen (secondary N) is 2. The van der Waals surface area contributed by atoms with Crippen molar-refractivity contribution in [3.05, 3.63) is 87.1 Å². The third-order valence-corrected chi connectivity index (χ3v) is 5.46. The van der Waals surface area contributed by atoms with Crippen molar-refractivity contribution in [1.82, 2.24) is 0 Å². The van der Waals surface area contributed by atoms with Crippen LogP contribution in [0.5, 0.6) is 5.75 Å². The Morgan fingerprint density at radius 2 is 1.81 bits per heavy atom. The molecule has 0 heterocycles. The Morgan fingerprint density at radius 1 is 1.10 bits per heavy atom. The Morgan fingerprint density at radius 3 is 2.48 bits per heavy atom. The molecular weight excluding hydrogens is 483 g/mol. The van der Waals surface area contributed by atoms with Gasteiger partial charge in [0.1, 0.15) is 18.2 Å². The van der Waals surface area contributed by atoms with E-state index in [2.05, 4.69) is 26.6 Å². The molecule has 3 aromatic rings. The Labute approximate surface area is 194 Å². The second-order valence-electron chi connectivity index (χ2n) is 7.32. The lowest BCUT2D eigenvalue weighted by molar-refractivity contribution is -0.118. The molecule has 31 heavy (non-hydrogen) atoms. The highest BCUT2D eigenvalue weighted by molar-refractivity contribution is 9.10. The van der Waals surface area contributed by atoms with Gasteiger partial charge in [0.15, 0.2) is 0 Å². The number of rotatable bonds is 8. The fourth-order valence-electron chi connectivity index (χ4n) is 2.80. The predicted molar refractivity (Wildman–Crippen MR) is 127 cm³/mol. The Balaban J connectivity index is 1.66. The van der Waals surface area contributed by atoms with Gasteiger partial charge in [0, 0.05) is 39.4 Å². The Kier molecular flexibility index (Phi) is 7.93. The van der Waals surface area contributed by atoms with E-state index < -0.39 is 5.82 Å². The molecule has 3 rings (SSSR count). The zero-order valence-corrected chi connectivity index (χ0v) is 19.6. The van der Waals surface area contributed by atoms with Gasteiger partial charge in [-0.15, -0.1) is 0 Å². The van der Waals surface area contributed by atoms with Crippen LogP contribution in [0.3, 0.4) is 0 Å². The first-order valence-electron chi connectivity index (χ1n) is 9.82. The second-order valence-corrected chi connectivity index (χ2v) is 8.64. The molecule has 0 fully saturated rings. The van der Waals surface area contributed by atoms with Gasteiger partial charge in [-0.3, -0.25) is 4.79 Å². The van der Waals surface area contributed by atoms with Gasteiger partial charge in [-0.25, -0.2) is 4.39 Å². The van der Waals surface area contributed by atoms with Gasteiger partial charge in [-0.1, -0.05) is 47.4 Å². The molecule has 1 amide bonds. The molecule has 0 aliphatic carbocycles. The van der Waals surface area contributed by atoms with Gasteiger partial charge in [-0.2, -0.15) is 0 Å². The van der Waals surface area contributed by atoms with Crippen LogP contribution in [0, 0.1) is 11.7 Å². The van der Waals surface area contributed by atoms with E-state index >= 15 is 0 Å². The van der Waals surface area contributed by atoms with E-state index in [1.807, 2.05) is 56.3 Å². The van der Waals surface area contributed by atoms with Gasteiger partial charge in [0.05, 0.1) is 5.02 Å². The monoisotopic (exact) mass is 504 g/mol. The van der Waals surface area contributed by atoms with Crippen LogP contribution in [0.2, 0.25) is 5.02 Å². The average molecular weight is 506 g/mol. The van der Waals surface area contributed by atoms with Crippen molar-refractivity contribution in [2.45, 2.75) is 27.0 Å². The highest BCUT2D eigenvalue weighted by Gasteiger charge is 2.11. The van der Waals surface area contributed by atoms with Crippen LogP contribution in [0.1, 0.15) is 25.0 Å². The third-order valence-electron chi connectivity index (χ3n) is 4.62. The normalized spacial score (nSPS) is 10.8. The molecule has 0 saturated carbocycles. The predicted octanol–water partition coefficient (Wildman–Crippen LogP) is 7.03. The van der Waals surface area contributed by atoms with Crippen LogP contribution in [0.15, 0.2) is 65.1 Å². The molecule has 2 N–H and O–H groups in total. The number of carbonyl (C=O) groups excluding carboxylic acids is 1. The number of ether oxygens (including phenoxy) is 1. The van der Waals surface area contributed by atoms with Crippen molar-refractivity contribution in [3.8, 4) is 5.75 Å². The number of halogens is 3. The Bertz CT molecular complexity index is 1040. The first-order chi connectivity index (χ1) is 14.8. The van der Waals surface area contributed by atoms with Crippen molar-refractivity contribution < 1.29 is 13.9 Å². The summed E-state index contributed by atoms with van der Waals surface area (Å²) in [6, 6.07) is 17.7. The number of hydrogen-bond donors (Lipinski definition) is 2. The van der Waals surface area contributed by atoms with Crippen molar-refractivity contribution in [1.29, 1.82) is 0 Å². The summed E-state index contributed by atoms with van der Waals surface area (Å²) in [7, 11) is 0. The molecule has 0 radical (unpaired) electrons. The maximum atomic E-state index is 14.0. The van der Waals surface area contributed by atoms with E-state index in [-0.39, 0.29) is 18.4 Å². The minimum atomic E-state index is -0.395. The van der Waals surface area contributed by atoms with E-state index in [4.69, 9.17) is 16.3 Å². The average Bonchev–Trinajstić information content (AvgIpc) is 2.74. The summed E-state index contributed by atoms with van der Waals surface area (Å²) in [6.45, 7) is 4.23. The van der Waals surface area contributed by atoms with Crippen molar-refractivity contribution in [3.63, 3.8) is 0 Å². The zero-order valence-electron chi connectivity index (χ0n) is 17.2. The van der Waals surface area contributed by atoms with Crippen LogP contribution in [-0.4, -0.2) is 5.91 Å². The minimum Gasteiger partial charge on any atom is -0.488 e. The molecule has 0 unspecified atom stereocenters. The first-order valence-corrected chi connectivity index (χ1v) is 11.0. The van der Waals surface area contributed by atoms with Gasteiger partial charge >= 0.3 is 0 Å². The lowest BCUT2D eigenvalue weighted by Crippen LogP contribution is -2.17. The minimum absolute atomic E-state index is 0.0217. The fraction of sp³-hybridized carbons (Fsp3) is 0.208. The molecule has 0 bridgehead atoms. The number of hydrogen-bond acceptors (Lipinski definition) is 3. The standard InChI is InChI=1S/C24H23BrClFN2O2/c1-15(2)24(30)29-19-9-7-18(8-10-19)28-13-16-12-17(25)6-11-23(16)31-14-20-21(26)4-3-5-22(20)27/h3-12,15,28H,13-14H2,1-2H3,(H,29,30). The van der Waals surface area contributed by atoms with Gasteiger partial charge < -0.3 is 15.4 Å². The fourth-order valence-corrected chi connectivity index (χ4v) is 3.43. The summed E-state index contributed by atoms with van der Waals surface area (Å²) in [6.07, 6.45) is 0. The zero-order chi connectivity index (χ0) is 22.4. The van der Waals surface area contributed by atoms with Gasteiger partial charge in [0.25, 0.3) is 0 Å². The molecule has 0 aliphatic heterocycles. The van der Waals surface area contributed by atoms with E-state index in [1.165, 1.54) is 6.07 Å². The number of carbonyl (C=O) groups is 1. The van der Waals surface area contributed by atoms with Crippen LogP contribution in [0.4, 0.5) is 15.8 Å². The Hall–Kier alpha value is -2.57.